The van der Waals surface area contributed by atoms with Gasteiger partial charge in [0.2, 0.25) is 10.0 Å². The zero-order valence-corrected chi connectivity index (χ0v) is 23.2. The molecule has 2 atom stereocenters. The molecule has 0 spiro atoms. The fraction of sp³-hybridized carbons (Fsp3) is 0.760. The number of nitrogens with one attached hydrogen (secondary N) is 1. The van der Waals surface area contributed by atoms with Gasteiger partial charge in [-0.15, -0.1) is 0 Å². The highest BCUT2D eigenvalue weighted by molar-refractivity contribution is 7.99. The molecule has 0 bridgehead atoms. The summed E-state index contributed by atoms with van der Waals surface area (Å²) >= 11 is 1.78. The molecule has 0 amide bonds. The number of sulfonamides is 1. The Kier molecular flexibility index (Phi) is 12.4. The monoisotopic (exact) mass is 591 g/mol. The van der Waals surface area contributed by atoms with E-state index in [-0.39, 0.29) is 24.2 Å². The van der Waals surface area contributed by atoms with Gasteiger partial charge in [0.1, 0.15) is 11.5 Å². The lowest BCUT2D eigenvalue weighted by molar-refractivity contribution is -0.284. The molecule has 1 heterocycles. The van der Waals surface area contributed by atoms with Gasteiger partial charge in [-0.05, 0) is 31.1 Å². The van der Waals surface area contributed by atoms with E-state index in [1.807, 2.05) is 13.0 Å². The second-order valence-corrected chi connectivity index (χ2v) is 13.2. The van der Waals surface area contributed by atoms with Crippen molar-refractivity contribution in [3.05, 3.63) is 23.8 Å². The van der Waals surface area contributed by atoms with E-state index in [4.69, 9.17) is 4.74 Å². The number of aliphatic hydroxyl groups excluding tert-OH is 1. The highest BCUT2D eigenvalue weighted by Gasteiger charge is 2.56. The van der Waals surface area contributed by atoms with Crippen molar-refractivity contribution in [1.29, 1.82) is 0 Å². The van der Waals surface area contributed by atoms with Crippen molar-refractivity contribution >= 4 is 21.8 Å². The maximum atomic E-state index is 12.9. The number of ether oxygens (including phenoxy) is 1. The van der Waals surface area contributed by atoms with E-state index >= 15 is 0 Å². The van der Waals surface area contributed by atoms with Gasteiger partial charge in [0.15, 0.2) is 0 Å². The van der Waals surface area contributed by atoms with Crippen molar-refractivity contribution in [2.75, 3.05) is 31.3 Å². The molecule has 38 heavy (non-hydrogen) atoms. The Balaban J connectivity index is 1.55. The lowest BCUT2D eigenvalue weighted by atomic mass is 9.82. The van der Waals surface area contributed by atoms with Crippen LogP contribution < -0.4 is 9.46 Å². The van der Waals surface area contributed by atoms with Crippen LogP contribution in [0.3, 0.4) is 0 Å². The third-order valence-corrected chi connectivity index (χ3v) is 9.73. The standard InChI is InChI=1S/C25H38F5NO5S2/c1-23(17-32)18-36-21-16-19(33)10-11-20(21)22(23)37-14-8-6-4-2-3-5-7-13-31-38(34,35)15-9-12-24(26,27)25(28,29)30/h10-11,16,22,31-33H,2-9,12-15,17-18H2,1H3. The number of alkyl halides is 5. The number of phenolic OH excluding ortho intramolecular Hbond substituents is 1. The number of unbranched alkanes of at least 4 members (excludes halogenated alkanes) is 6. The smallest absolute Gasteiger partial charge is 0.453 e. The number of hydrogen-bond donors (Lipinski definition) is 3. The Labute approximate surface area is 225 Å². The molecule has 2 rings (SSSR count). The van der Waals surface area contributed by atoms with E-state index in [1.165, 1.54) is 0 Å². The normalized spacial score (nSPS) is 20.2. The highest BCUT2D eigenvalue weighted by Crippen LogP contribution is 2.51. The topological polar surface area (TPSA) is 95.9 Å². The largest absolute Gasteiger partial charge is 0.508 e. The number of hydrogen-bond acceptors (Lipinski definition) is 6. The number of aromatic hydroxyl groups is 1. The minimum atomic E-state index is -5.67. The van der Waals surface area contributed by atoms with Gasteiger partial charge in [-0.3, -0.25) is 0 Å². The molecule has 2 unspecified atom stereocenters. The number of halogens is 5. The van der Waals surface area contributed by atoms with Gasteiger partial charge in [0, 0.05) is 35.3 Å². The molecule has 0 saturated heterocycles. The minimum absolute atomic E-state index is 0.00482. The Morgan fingerprint density at radius 3 is 2.32 bits per heavy atom. The van der Waals surface area contributed by atoms with Gasteiger partial charge >= 0.3 is 12.1 Å². The van der Waals surface area contributed by atoms with Gasteiger partial charge < -0.3 is 14.9 Å². The lowest BCUT2D eigenvalue weighted by Gasteiger charge is -2.40. The Morgan fingerprint density at radius 2 is 1.68 bits per heavy atom. The third-order valence-electron chi connectivity index (χ3n) is 6.58. The first-order valence-electron chi connectivity index (χ1n) is 12.8. The first-order valence-corrected chi connectivity index (χ1v) is 15.5. The second-order valence-electron chi connectivity index (χ2n) is 10.1. The summed E-state index contributed by atoms with van der Waals surface area (Å²) in [4.78, 5) is 0. The van der Waals surface area contributed by atoms with Crippen LogP contribution in [0.15, 0.2) is 18.2 Å². The van der Waals surface area contributed by atoms with Crippen molar-refractivity contribution in [2.45, 2.75) is 82.1 Å². The summed E-state index contributed by atoms with van der Waals surface area (Å²) in [5.41, 5.74) is 0.565. The van der Waals surface area contributed by atoms with E-state index in [9.17, 15) is 40.6 Å². The van der Waals surface area contributed by atoms with Crippen LogP contribution in [-0.2, 0) is 10.0 Å². The van der Waals surface area contributed by atoms with Crippen molar-refractivity contribution < 1.29 is 45.3 Å². The van der Waals surface area contributed by atoms with E-state index in [1.54, 1.807) is 23.9 Å². The maximum Gasteiger partial charge on any atom is 0.453 e. The van der Waals surface area contributed by atoms with Crippen LogP contribution >= 0.6 is 11.8 Å². The van der Waals surface area contributed by atoms with Gasteiger partial charge in [-0.2, -0.15) is 33.7 Å². The molecule has 0 aromatic heterocycles. The molecule has 0 fully saturated rings. The van der Waals surface area contributed by atoms with Crippen LogP contribution in [0.4, 0.5) is 22.0 Å². The van der Waals surface area contributed by atoms with Gasteiger partial charge in [0.05, 0.1) is 19.0 Å². The molecule has 0 saturated carbocycles. The highest BCUT2D eigenvalue weighted by atomic mass is 32.2. The van der Waals surface area contributed by atoms with Crippen LogP contribution in [0.25, 0.3) is 0 Å². The summed E-state index contributed by atoms with van der Waals surface area (Å²) in [6.45, 7) is 2.49. The molecule has 3 N–H and O–H groups in total. The quantitative estimate of drug-likeness (QED) is 0.148. The molecular weight excluding hydrogens is 553 g/mol. The summed E-state index contributed by atoms with van der Waals surface area (Å²) < 4.78 is 93.7. The van der Waals surface area contributed by atoms with Crippen LogP contribution in [0.2, 0.25) is 0 Å². The van der Waals surface area contributed by atoms with Crippen LogP contribution in [0.5, 0.6) is 11.5 Å². The molecule has 6 nitrogen and oxygen atoms in total. The molecule has 220 valence electrons. The van der Waals surface area contributed by atoms with Crippen molar-refractivity contribution in [3.8, 4) is 11.5 Å². The third kappa shape index (κ3) is 10.0. The Hall–Kier alpha value is -1.31. The maximum absolute atomic E-state index is 12.9. The Morgan fingerprint density at radius 1 is 1.05 bits per heavy atom. The molecular formula is C25H38F5NO5S2. The lowest BCUT2D eigenvalue weighted by Crippen LogP contribution is -2.38. The number of benzene rings is 1. The number of phenols is 1. The zero-order valence-electron chi connectivity index (χ0n) is 21.5. The average molecular weight is 592 g/mol. The van der Waals surface area contributed by atoms with Crippen LogP contribution in [-0.4, -0.2) is 62.0 Å². The van der Waals surface area contributed by atoms with E-state index in [2.05, 4.69) is 4.72 Å². The molecule has 1 aliphatic rings. The van der Waals surface area contributed by atoms with Gasteiger partial charge in [-0.1, -0.05) is 45.1 Å². The zero-order chi connectivity index (χ0) is 28.5. The first kappa shape index (κ1) is 32.9. The first-order chi connectivity index (χ1) is 17.7. The number of aliphatic hydroxyl groups is 1. The predicted molar refractivity (Wildman–Crippen MR) is 138 cm³/mol. The van der Waals surface area contributed by atoms with Crippen LogP contribution in [0, 0.1) is 5.41 Å². The average Bonchev–Trinajstić information content (AvgIpc) is 2.82. The van der Waals surface area contributed by atoms with Crippen molar-refractivity contribution in [3.63, 3.8) is 0 Å². The fourth-order valence-electron chi connectivity index (χ4n) is 4.22. The molecule has 1 aliphatic heterocycles. The molecule has 1 aromatic rings. The summed E-state index contributed by atoms with van der Waals surface area (Å²) in [7, 11) is -3.89. The van der Waals surface area contributed by atoms with E-state index < -0.39 is 46.1 Å². The van der Waals surface area contributed by atoms with Crippen molar-refractivity contribution in [1.82, 2.24) is 4.72 Å². The van der Waals surface area contributed by atoms with E-state index in [0.717, 1.165) is 49.8 Å². The number of thioether (sulfide) groups is 1. The van der Waals surface area contributed by atoms with E-state index in [0.29, 0.717) is 18.8 Å². The second kappa shape index (κ2) is 14.4. The summed E-state index contributed by atoms with van der Waals surface area (Å²) in [6, 6.07) is 5.08. The molecule has 0 radical (unpaired) electrons. The van der Waals surface area contributed by atoms with Gasteiger partial charge in [-0.25, -0.2) is 13.1 Å². The summed E-state index contributed by atoms with van der Waals surface area (Å²) in [5, 5.41) is 19.7. The Bertz CT molecular complexity index is 977. The molecule has 1 aromatic carbocycles. The SMILES string of the molecule is CC1(CO)COc2cc(O)ccc2C1SCCCCCCCCCNS(=O)(=O)CCCC(F)(F)C(F)(F)F. The molecule has 0 aliphatic carbocycles. The summed E-state index contributed by atoms with van der Waals surface area (Å²) in [5.74, 6) is -3.95. The van der Waals surface area contributed by atoms with Crippen LogP contribution in [0.1, 0.15) is 75.5 Å². The number of rotatable bonds is 17. The fourth-order valence-corrected chi connectivity index (χ4v) is 6.87. The van der Waals surface area contributed by atoms with Gasteiger partial charge in [0.25, 0.3) is 0 Å². The minimum Gasteiger partial charge on any atom is -0.508 e. The number of fused-ring (bicyclic) bond motifs is 1. The van der Waals surface area contributed by atoms with Crippen molar-refractivity contribution in [2.24, 2.45) is 5.41 Å². The predicted octanol–water partition coefficient (Wildman–Crippen LogP) is 6.19. The summed E-state index contributed by atoms with van der Waals surface area (Å²) in [6.07, 6.45) is -1.70. The molecule has 13 heteroatoms.